The predicted octanol–water partition coefficient (Wildman–Crippen LogP) is 1.95. The Morgan fingerprint density at radius 1 is 1.40 bits per heavy atom. The molecule has 0 spiro atoms. The lowest BCUT2D eigenvalue weighted by Gasteiger charge is -2.17. The fourth-order valence-electron chi connectivity index (χ4n) is 2.14. The number of hydrogen-bond acceptors (Lipinski definition) is 4. The molecular weight excluding hydrogens is 256 g/mol. The van der Waals surface area contributed by atoms with Gasteiger partial charge in [-0.3, -0.25) is 14.5 Å². The fourth-order valence-corrected chi connectivity index (χ4v) is 2.14. The molecule has 0 radical (unpaired) electrons. The van der Waals surface area contributed by atoms with Crippen LogP contribution in [0.15, 0.2) is 18.2 Å². The molecule has 5 nitrogen and oxygen atoms in total. The highest BCUT2D eigenvalue weighted by atomic mass is 16.5. The predicted molar refractivity (Wildman–Crippen MR) is 76.8 cm³/mol. The van der Waals surface area contributed by atoms with Crippen LogP contribution in [0.4, 0.5) is 5.69 Å². The van der Waals surface area contributed by atoms with E-state index in [2.05, 4.69) is 5.32 Å². The van der Waals surface area contributed by atoms with Gasteiger partial charge in [-0.05, 0) is 31.0 Å². The van der Waals surface area contributed by atoms with Gasteiger partial charge < -0.3 is 10.1 Å². The molecule has 0 aromatic heterocycles. The third-order valence-electron chi connectivity index (χ3n) is 3.31. The zero-order valence-corrected chi connectivity index (χ0v) is 12.1. The van der Waals surface area contributed by atoms with Gasteiger partial charge in [0.15, 0.2) is 0 Å². The zero-order valence-electron chi connectivity index (χ0n) is 12.1. The van der Waals surface area contributed by atoms with Crippen LogP contribution in [0.25, 0.3) is 0 Å². The first kappa shape index (κ1) is 14.4. The topological polar surface area (TPSA) is 58.6 Å². The van der Waals surface area contributed by atoms with Crippen LogP contribution in [0.1, 0.15) is 25.3 Å². The SMILES string of the molecule is CCCOc1cc(C)ccc1NC1CC(=O)N(C)C1=O. The summed E-state index contributed by atoms with van der Waals surface area (Å²) in [7, 11) is 1.51. The summed E-state index contributed by atoms with van der Waals surface area (Å²) in [4.78, 5) is 24.6. The molecule has 1 aromatic carbocycles. The average Bonchev–Trinajstić information content (AvgIpc) is 2.66. The number of amides is 2. The summed E-state index contributed by atoms with van der Waals surface area (Å²) in [6.45, 7) is 4.65. The van der Waals surface area contributed by atoms with Crippen LogP contribution in [-0.2, 0) is 9.59 Å². The quantitative estimate of drug-likeness (QED) is 0.835. The van der Waals surface area contributed by atoms with E-state index in [0.29, 0.717) is 6.61 Å². The number of imide groups is 1. The highest BCUT2D eigenvalue weighted by molar-refractivity contribution is 6.06. The summed E-state index contributed by atoms with van der Waals surface area (Å²) < 4.78 is 5.69. The maximum Gasteiger partial charge on any atom is 0.251 e. The minimum Gasteiger partial charge on any atom is -0.491 e. The number of aryl methyl sites for hydroxylation is 1. The molecule has 5 heteroatoms. The Labute approximate surface area is 118 Å². The van der Waals surface area contributed by atoms with Crippen LogP contribution in [0.5, 0.6) is 5.75 Å². The van der Waals surface area contributed by atoms with Crippen molar-refractivity contribution in [2.75, 3.05) is 19.0 Å². The Morgan fingerprint density at radius 3 is 2.75 bits per heavy atom. The molecule has 108 valence electrons. The molecule has 1 fully saturated rings. The van der Waals surface area contributed by atoms with Gasteiger partial charge in [0, 0.05) is 7.05 Å². The molecule has 20 heavy (non-hydrogen) atoms. The number of benzene rings is 1. The second-order valence-electron chi connectivity index (χ2n) is 5.04. The van der Waals surface area contributed by atoms with Gasteiger partial charge in [-0.2, -0.15) is 0 Å². The molecule has 2 amide bonds. The van der Waals surface area contributed by atoms with E-state index >= 15 is 0 Å². The van der Waals surface area contributed by atoms with Crippen molar-refractivity contribution in [3.05, 3.63) is 23.8 Å². The van der Waals surface area contributed by atoms with E-state index in [1.54, 1.807) is 0 Å². The number of carbonyl (C=O) groups excluding carboxylic acids is 2. The molecular formula is C15H20N2O3. The standard InChI is InChI=1S/C15H20N2O3/c1-4-7-20-13-8-10(2)5-6-11(13)16-12-9-14(18)17(3)15(12)19/h5-6,8,12,16H,4,7,9H2,1-3H3. The Kier molecular flexibility index (Phi) is 4.27. The molecule has 2 rings (SSSR count). The number of anilines is 1. The first-order chi connectivity index (χ1) is 9.52. The summed E-state index contributed by atoms with van der Waals surface area (Å²) in [5.41, 5.74) is 1.85. The Bertz CT molecular complexity index is 528. The van der Waals surface area contributed by atoms with Crippen LogP contribution in [0, 0.1) is 6.92 Å². The summed E-state index contributed by atoms with van der Waals surface area (Å²) in [6.07, 6.45) is 1.10. The first-order valence-corrected chi connectivity index (χ1v) is 6.83. The van der Waals surface area contributed by atoms with Gasteiger partial charge in [-0.25, -0.2) is 0 Å². The average molecular weight is 276 g/mol. The lowest BCUT2D eigenvalue weighted by Crippen LogP contribution is -2.31. The van der Waals surface area contributed by atoms with Crippen LogP contribution < -0.4 is 10.1 Å². The van der Waals surface area contributed by atoms with E-state index < -0.39 is 6.04 Å². The first-order valence-electron chi connectivity index (χ1n) is 6.83. The normalized spacial score (nSPS) is 18.6. The van der Waals surface area contributed by atoms with Crippen molar-refractivity contribution in [1.82, 2.24) is 4.90 Å². The van der Waals surface area contributed by atoms with E-state index in [9.17, 15) is 9.59 Å². The van der Waals surface area contributed by atoms with Crippen molar-refractivity contribution < 1.29 is 14.3 Å². The van der Waals surface area contributed by atoms with E-state index in [1.807, 2.05) is 32.0 Å². The minimum atomic E-state index is -0.501. The van der Waals surface area contributed by atoms with E-state index in [-0.39, 0.29) is 18.2 Å². The molecule has 1 saturated heterocycles. The number of nitrogens with one attached hydrogen (secondary N) is 1. The van der Waals surface area contributed by atoms with Crippen LogP contribution in [0.2, 0.25) is 0 Å². The third kappa shape index (κ3) is 2.92. The van der Waals surface area contributed by atoms with Crippen LogP contribution in [-0.4, -0.2) is 36.4 Å². The molecule has 1 atom stereocenters. The van der Waals surface area contributed by atoms with E-state index in [1.165, 1.54) is 11.9 Å². The summed E-state index contributed by atoms with van der Waals surface area (Å²) in [5.74, 6) is 0.370. The monoisotopic (exact) mass is 276 g/mol. The largest absolute Gasteiger partial charge is 0.491 e. The highest BCUT2D eigenvalue weighted by Gasteiger charge is 2.36. The van der Waals surface area contributed by atoms with Gasteiger partial charge in [0.05, 0.1) is 18.7 Å². The highest BCUT2D eigenvalue weighted by Crippen LogP contribution is 2.28. The molecule has 1 aliphatic rings. The summed E-state index contributed by atoms with van der Waals surface area (Å²) >= 11 is 0. The van der Waals surface area contributed by atoms with E-state index in [0.717, 1.165) is 23.4 Å². The molecule has 1 N–H and O–H groups in total. The van der Waals surface area contributed by atoms with Crippen molar-refractivity contribution in [2.45, 2.75) is 32.7 Å². The smallest absolute Gasteiger partial charge is 0.251 e. The van der Waals surface area contributed by atoms with Crippen molar-refractivity contribution >= 4 is 17.5 Å². The zero-order chi connectivity index (χ0) is 14.7. The van der Waals surface area contributed by atoms with Crippen LogP contribution >= 0.6 is 0 Å². The number of rotatable bonds is 5. The summed E-state index contributed by atoms with van der Waals surface area (Å²) in [6, 6.07) is 5.27. The van der Waals surface area contributed by atoms with Gasteiger partial charge in [0.2, 0.25) is 5.91 Å². The number of carbonyl (C=O) groups is 2. The summed E-state index contributed by atoms with van der Waals surface area (Å²) in [5, 5.41) is 3.12. The number of likely N-dealkylation sites (N-methyl/N-ethyl adjacent to an activating group) is 1. The Hall–Kier alpha value is -2.04. The van der Waals surface area contributed by atoms with Gasteiger partial charge >= 0.3 is 0 Å². The number of nitrogens with zero attached hydrogens (tertiary/aromatic N) is 1. The molecule has 1 aliphatic heterocycles. The second-order valence-corrected chi connectivity index (χ2v) is 5.04. The minimum absolute atomic E-state index is 0.157. The maximum absolute atomic E-state index is 11.9. The van der Waals surface area contributed by atoms with Gasteiger partial charge in [-0.1, -0.05) is 13.0 Å². The van der Waals surface area contributed by atoms with Crippen molar-refractivity contribution in [3.63, 3.8) is 0 Å². The third-order valence-corrected chi connectivity index (χ3v) is 3.31. The van der Waals surface area contributed by atoms with E-state index in [4.69, 9.17) is 4.74 Å². The number of ether oxygens (including phenoxy) is 1. The number of hydrogen-bond donors (Lipinski definition) is 1. The van der Waals surface area contributed by atoms with Crippen molar-refractivity contribution in [1.29, 1.82) is 0 Å². The molecule has 1 heterocycles. The second kappa shape index (κ2) is 5.94. The lowest BCUT2D eigenvalue weighted by atomic mass is 10.1. The Balaban J connectivity index is 2.16. The van der Waals surface area contributed by atoms with Crippen LogP contribution in [0.3, 0.4) is 0 Å². The maximum atomic E-state index is 11.9. The molecule has 1 aromatic rings. The number of likely N-dealkylation sites (tertiary alicyclic amines) is 1. The lowest BCUT2D eigenvalue weighted by molar-refractivity contribution is -0.136. The van der Waals surface area contributed by atoms with Gasteiger partial charge in [0.1, 0.15) is 11.8 Å². The molecule has 1 unspecified atom stereocenters. The van der Waals surface area contributed by atoms with Crippen molar-refractivity contribution in [2.24, 2.45) is 0 Å². The fraction of sp³-hybridized carbons (Fsp3) is 0.467. The van der Waals surface area contributed by atoms with Crippen molar-refractivity contribution in [3.8, 4) is 5.75 Å². The van der Waals surface area contributed by atoms with Gasteiger partial charge in [0.25, 0.3) is 5.91 Å². The van der Waals surface area contributed by atoms with Gasteiger partial charge in [-0.15, -0.1) is 0 Å². The molecule has 0 saturated carbocycles. The Morgan fingerprint density at radius 2 is 2.15 bits per heavy atom. The molecule has 0 bridgehead atoms. The molecule has 0 aliphatic carbocycles.